The van der Waals surface area contributed by atoms with Gasteiger partial charge in [-0.2, -0.15) is 0 Å². The lowest BCUT2D eigenvalue weighted by Crippen LogP contribution is -2.25. The van der Waals surface area contributed by atoms with Gasteiger partial charge in [-0.1, -0.05) is 32.3 Å². The van der Waals surface area contributed by atoms with Crippen molar-refractivity contribution >= 4 is 35.0 Å². The second-order valence-corrected chi connectivity index (χ2v) is 9.23. The molecule has 0 aliphatic heterocycles. The molecule has 1 aliphatic rings. The van der Waals surface area contributed by atoms with Gasteiger partial charge in [0.15, 0.2) is 0 Å². The van der Waals surface area contributed by atoms with Crippen LogP contribution in [0.25, 0.3) is 0 Å². The van der Waals surface area contributed by atoms with Gasteiger partial charge in [0.1, 0.15) is 11.5 Å². The molecule has 172 valence electrons. The zero-order valence-corrected chi connectivity index (χ0v) is 19.8. The van der Waals surface area contributed by atoms with E-state index in [2.05, 4.69) is 10.6 Å². The van der Waals surface area contributed by atoms with Crippen LogP contribution in [-0.2, 0) is 9.59 Å². The van der Waals surface area contributed by atoms with E-state index in [4.69, 9.17) is 9.47 Å². The number of ether oxygens (including phenoxy) is 2. The molecule has 0 bridgehead atoms. The third kappa shape index (κ3) is 6.66. The van der Waals surface area contributed by atoms with E-state index in [0.717, 1.165) is 36.3 Å². The molecule has 3 rings (SSSR count). The predicted molar refractivity (Wildman–Crippen MR) is 130 cm³/mol. The number of hydrogen-bond donors (Lipinski definition) is 2. The number of amides is 2. The van der Waals surface area contributed by atoms with Gasteiger partial charge >= 0.3 is 0 Å². The van der Waals surface area contributed by atoms with E-state index in [1.165, 1.54) is 18.2 Å². The highest BCUT2D eigenvalue weighted by Gasteiger charge is 2.22. The first kappa shape index (κ1) is 24.0. The molecule has 2 N–H and O–H groups in total. The van der Waals surface area contributed by atoms with Crippen molar-refractivity contribution in [1.29, 1.82) is 0 Å². The van der Waals surface area contributed by atoms with Crippen molar-refractivity contribution in [3.05, 3.63) is 42.5 Å². The molecule has 0 heterocycles. The standard InChI is InChI=1S/C25H32N2O4S/c1-4-23(25(29)27-19-13-20(30-2)16-21(14-19)31-3)32-22-12-8-11-18(15-22)26-24(28)17-9-6-5-7-10-17/h8,11-17,23H,4-7,9-10H2,1-3H3,(H,26,28)(H,27,29). The summed E-state index contributed by atoms with van der Waals surface area (Å²) in [5, 5.41) is 5.74. The molecule has 1 unspecified atom stereocenters. The summed E-state index contributed by atoms with van der Waals surface area (Å²) >= 11 is 1.49. The summed E-state index contributed by atoms with van der Waals surface area (Å²) in [7, 11) is 3.15. The highest BCUT2D eigenvalue weighted by Crippen LogP contribution is 2.31. The molecule has 0 aromatic heterocycles. The monoisotopic (exact) mass is 456 g/mol. The average Bonchev–Trinajstić information content (AvgIpc) is 2.82. The van der Waals surface area contributed by atoms with E-state index in [9.17, 15) is 9.59 Å². The van der Waals surface area contributed by atoms with Gasteiger partial charge in [-0.15, -0.1) is 11.8 Å². The summed E-state index contributed by atoms with van der Waals surface area (Å²) in [6.07, 6.45) is 6.07. The Bertz CT molecular complexity index is 906. The van der Waals surface area contributed by atoms with Crippen molar-refractivity contribution in [2.45, 2.75) is 55.6 Å². The van der Waals surface area contributed by atoms with Crippen LogP contribution in [0.15, 0.2) is 47.4 Å². The molecule has 0 spiro atoms. The Morgan fingerprint density at radius 1 is 0.969 bits per heavy atom. The number of carbonyl (C=O) groups excluding carboxylic acids is 2. The van der Waals surface area contributed by atoms with Gasteiger partial charge in [-0.3, -0.25) is 9.59 Å². The molecule has 0 saturated heterocycles. The van der Waals surface area contributed by atoms with Crippen molar-refractivity contribution in [1.82, 2.24) is 0 Å². The summed E-state index contributed by atoms with van der Waals surface area (Å²) in [4.78, 5) is 26.4. The maximum atomic E-state index is 12.9. The molecule has 7 heteroatoms. The molecule has 32 heavy (non-hydrogen) atoms. The lowest BCUT2D eigenvalue weighted by atomic mass is 9.88. The molecular formula is C25H32N2O4S. The largest absolute Gasteiger partial charge is 0.497 e. The fourth-order valence-corrected chi connectivity index (χ4v) is 4.86. The molecule has 2 aromatic rings. The number of anilines is 2. The smallest absolute Gasteiger partial charge is 0.237 e. The molecule has 1 fully saturated rings. The fourth-order valence-electron chi connectivity index (χ4n) is 3.85. The Kier molecular flexibility index (Phi) is 8.85. The minimum absolute atomic E-state index is 0.0931. The Morgan fingerprint density at radius 2 is 1.66 bits per heavy atom. The van der Waals surface area contributed by atoms with Crippen LogP contribution in [-0.4, -0.2) is 31.3 Å². The lowest BCUT2D eigenvalue weighted by molar-refractivity contribution is -0.120. The van der Waals surface area contributed by atoms with Crippen LogP contribution < -0.4 is 20.1 Å². The highest BCUT2D eigenvalue weighted by molar-refractivity contribution is 8.00. The van der Waals surface area contributed by atoms with E-state index in [-0.39, 0.29) is 23.0 Å². The van der Waals surface area contributed by atoms with Crippen LogP contribution in [0.1, 0.15) is 45.4 Å². The van der Waals surface area contributed by atoms with Gasteiger partial charge in [0.05, 0.1) is 19.5 Å². The fraction of sp³-hybridized carbons (Fsp3) is 0.440. The number of hydrogen-bond acceptors (Lipinski definition) is 5. The van der Waals surface area contributed by atoms with Gasteiger partial charge in [0.2, 0.25) is 11.8 Å². The molecule has 1 aliphatic carbocycles. The maximum absolute atomic E-state index is 12.9. The normalized spacial score (nSPS) is 15.0. The quantitative estimate of drug-likeness (QED) is 0.471. The Morgan fingerprint density at radius 3 is 2.28 bits per heavy atom. The van der Waals surface area contributed by atoms with E-state index in [1.807, 2.05) is 31.2 Å². The number of nitrogens with one attached hydrogen (secondary N) is 2. The first-order chi connectivity index (χ1) is 15.5. The number of benzene rings is 2. The summed E-state index contributed by atoms with van der Waals surface area (Å²) in [5.74, 6) is 1.34. The van der Waals surface area contributed by atoms with Crippen LogP contribution in [0.4, 0.5) is 11.4 Å². The first-order valence-electron chi connectivity index (χ1n) is 11.1. The minimum Gasteiger partial charge on any atom is -0.497 e. The van der Waals surface area contributed by atoms with Crippen molar-refractivity contribution in [3.63, 3.8) is 0 Å². The van der Waals surface area contributed by atoms with Gasteiger partial charge in [-0.25, -0.2) is 0 Å². The average molecular weight is 457 g/mol. The van der Waals surface area contributed by atoms with Crippen LogP contribution in [0.5, 0.6) is 11.5 Å². The molecule has 2 amide bonds. The lowest BCUT2D eigenvalue weighted by Gasteiger charge is -2.21. The second-order valence-electron chi connectivity index (χ2n) is 7.96. The van der Waals surface area contributed by atoms with Gasteiger partial charge in [-0.05, 0) is 37.5 Å². The Balaban J connectivity index is 1.64. The van der Waals surface area contributed by atoms with Crippen molar-refractivity contribution in [2.24, 2.45) is 5.92 Å². The topological polar surface area (TPSA) is 76.7 Å². The third-order valence-electron chi connectivity index (χ3n) is 5.64. The molecule has 1 atom stereocenters. The van der Waals surface area contributed by atoms with E-state index >= 15 is 0 Å². The van der Waals surface area contributed by atoms with Crippen LogP contribution in [0.2, 0.25) is 0 Å². The van der Waals surface area contributed by atoms with Gasteiger partial charge in [0.25, 0.3) is 0 Å². The summed E-state index contributed by atoms with van der Waals surface area (Å²) in [6.45, 7) is 1.98. The van der Waals surface area contributed by atoms with E-state index in [1.54, 1.807) is 32.4 Å². The first-order valence-corrected chi connectivity index (χ1v) is 12.0. The van der Waals surface area contributed by atoms with Crippen LogP contribution in [0.3, 0.4) is 0 Å². The van der Waals surface area contributed by atoms with Gasteiger partial charge < -0.3 is 20.1 Å². The van der Waals surface area contributed by atoms with Crippen molar-refractivity contribution in [3.8, 4) is 11.5 Å². The van der Waals surface area contributed by atoms with Crippen LogP contribution >= 0.6 is 11.8 Å². The maximum Gasteiger partial charge on any atom is 0.237 e. The minimum atomic E-state index is -0.281. The number of carbonyl (C=O) groups is 2. The summed E-state index contributed by atoms with van der Waals surface area (Å²) in [5.41, 5.74) is 1.40. The Hall–Kier alpha value is -2.67. The second kappa shape index (κ2) is 11.8. The molecule has 1 saturated carbocycles. The van der Waals surface area contributed by atoms with Crippen LogP contribution in [0, 0.1) is 5.92 Å². The van der Waals surface area contributed by atoms with Crippen molar-refractivity contribution < 1.29 is 19.1 Å². The summed E-state index contributed by atoms with van der Waals surface area (Å²) in [6, 6.07) is 13.0. The van der Waals surface area contributed by atoms with E-state index in [0.29, 0.717) is 23.6 Å². The van der Waals surface area contributed by atoms with Crippen molar-refractivity contribution in [2.75, 3.05) is 24.9 Å². The summed E-state index contributed by atoms with van der Waals surface area (Å²) < 4.78 is 10.6. The predicted octanol–water partition coefficient (Wildman–Crippen LogP) is 5.73. The number of methoxy groups -OCH3 is 2. The third-order valence-corrected chi connectivity index (χ3v) is 7.00. The zero-order chi connectivity index (χ0) is 22.9. The molecule has 2 aromatic carbocycles. The molecule has 0 radical (unpaired) electrons. The number of thioether (sulfide) groups is 1. The number of rotatable bonds is 9. The SMILES string of the molecule is CCC(Sc1cccc(NC(=O)C2CCCCC2)c1)C(=O)Nc1cc(OC)cc(OC)c1. The highest BCUT2D eigenvalue weighted by atomic mass is 32.2. The zero-order valence-electron chi connectivity index (χ0n) is 19.0. The molecular weight excluding hydrogens is 424 g/mol. The van der Waals surface area contributed by atoms with E-state index < -0.39 is 0 Å². The molecule has 6 nitrogen and oxygen atoms in total. The van der Waals surface area contributed by atoms with Gasteiger partial charge in [0, 0.05) is 40.4 Å². The Labute approximate surface area is 194 Å².